The van der Waals surface area contributed by atoms with Gasteiger partial charge in [-0.05, 0) is 48.4 Å². The third kappa shape index (κ3) is 4.43. The van der Waals surface area contributed by atoms with Crippen LogP contribution in [0.25, 0.3) is 0 Å². The predicted molar refractivity (Wildman–Crippen MR) is 80.0 cm³/mol. The van der Waals surface area contributed by atoms with E-state index in [1.54, 1.807) is 18.2 Å². The second kappa shape index (κ2) is 6.80. The van der Waals surface area contributed by atoms with E-state index in [0.29, 0.717) is 10.0 Å². The van der Waals surface area contributed by atoms with Crippen LogP contribution in [0.5, 0.6) is 5.75 Å². The number of hydrogen-bond acceptors (Lipinski definition) is 2. The average molecular weight is 296 g/mol. The molecule has 19 heavy (non-hydrogen) atoms. The van der Waals surface area contributed by atoms with Crippen molar-refractivity contribution in [2.24, 2.45) is 0 Å². The van der Waals surface area contributed by atoms with Crippen LogP contribution in [0.4, 0.5) is 0 Å². The lowest BCUT2D eigenvalue weighted by molar-refractivity contribution is 0.475. The van der Waals surface area contributed by atoms with Gasteiger partial charge in [-0.25, -0.2) is 0 Å². The topological polar surface area (TPSA) is 32.3 Å². The van der Waals surface area contributed by atoms with Crippen LogP contribution in [0, 0.1) is 0 Å². The van der Waals surface area contributed by atoms with E-state index < -0.39 is 0 Å². The van der Waals surface area contributed by atoms with E-state index in [-0.39, 0.29) is 5.75 Å². The molecule has 0 heterocycles. The minimum absolute atomic E-state index is 0.289. The van der Waals surface area contributed by atoms with Crippen molar-refractivity contribution < 1.29 is 5.11 Å². The van der Waals surface area contributed by atoms with Gasteiger partial charge in [-0.3, -0.25) is 0 Å². The minimum atomic E-state index is 0.289. The summed E-state index contributed by atoms with van der Waals surface area (Å²) in [6.45, 7) is 1.60. The van der Waals surface area contributed by atoms with Gasteiger partial charge in [0.05, 0.1) is 0 Å². The highest BCUT2D eigenvalue weighted by molar-refractivity contribution is 6.35. The maximum atomic E-state index is 9.18. The van der Waals surface area contributed by atoms with E-state index in [2.05, 4.69) is 5.32 Å². The fraction of sp³-hybridized carbons (Fsp3) is 0.200. The predicted octanol–water partition coefficient (Wildman–Crippen LogP) is 4.03. The van der Waals surface area contributed by atoms with Gasteiger partial charge in [-0.15, -0.1) is 0 Å². The molecule has 0 aliphatic carbocycles. The largest absolute Gasteiger partial charge is 0.508 e. The molecule has 100 valence electrons. The number of benzene rings is 2. The first kappa shape index (κ1) is 14.2. The zero-order valence-electron chi connectivity index (χ0n) is 10.4. The van der Waals surface area contributed by atoms with E-state index in [1.165, 1.54) is 0 Å². The molecule has 0 amide bonds. The quantitative estimate of drug-likeness (QED) is 0.816. The summed E-state index contributed by atoms with van der Waals surface area (Å²) in [5, 5.41) is 13.9. The van der Waals surface area contributed by atoms with Crippen LogP contribution >= 0.6 is 23.2 Å². The molecule has 2 nitrogen and oxygen atoms in total. The fourth-order valence-corrected chi connectivity index (χ4v) is 2.30. The summed E-state index contributed by atoms with van der Waals surface area (Å²) in [5.74, 6) is 0.289. The molecular formula is C15H15Cl2NO. The van der Waals surface area contributed by atoms with Crippen molar-refractivity contribution in [3.63, 3.8) is 0 Å². The summed E-state index contributed by atoms with van der Waals surface area (Å²) < 4.78 is 0. The smallest absolute Gasteiger partial charge is 0.115 e. The Bertz CT molecular complexity index is 540. The lowest BCUT2D eigenvalue weighted by Crippen LogP contribution is -2.16. The molecule has 0 aromatic heterocycles. The van der Waals surface area contributed by atoms with Crippen LogP contribution in [-0.4, -0.2) is 11.7 Å². The zero-order valence-corrected chi connectivity index (χ0v) is 11.9. The van der Waals surface area contributed by atoms with Crippen LogP contribution in [0.3, 0.4) is 0 Å². The normalized spacial score (nSPS) is 10.6. The number of phenolic OH excluding ortho intramolecular Hbond substituents is 1. The molecule has 4 heteroatoms. The second-order valence-corrected chi connectivity index (χ2v) is 5.17. The van der Waals surface area contributed by atoms with Crippen molar-refractivity contribution in [1.82, 2.24) is 5.32 Å². The molecule has 2 aromatic carbocycles. The Kier molecular flexibility index (Phi) is 5.08. The lowest BCUT2D eigenvalue weighted by atomic mass is 10.1. The molecule has 2 N–H and O–H groups in total. The molecule has 0 aliphatic heterocycles. The number of rotatable bonds is 5. The van der Waals surface area contributed by atoms with Crippen molar-refractivity contribution in [3.05, 3.63) is 63.6 Å². The Morgan fingerprint density at radius 2 is 1.74 bits per heavy atom. The first-order valence-corrected chi connectivity index (χ1v) is 6.83. The Morgan fingerprint density at radius 3 is 2.42 bits per heavy atom. The summed E-state index contributed by atoms with van der Waals surface area (Å²) >= 11 is 12.0. The average Bonchev–Trinajstić information content (AvgIpc) is 2.39. The molecule has 0 radical (unpaired) electrons. The third-order valence-electron chi connectivity index (χ3n) is 2.85. The van der Waals surface area contributed by atoms with Gasteiger partial charge >= 0.3 is 0 Å². The monoisotopic (exact) mass is 295 g/mol. The fourth-order valence-electron chi connectivity index (χ4n) is 1.79. The molecule has 0 unspecified atom stereocenters. The van der Waals surface area contributed by atoms with Crippen LogP contribution in [-0.2, 0) is 13.0 Å². The zero-order chi connectivity index (χ0) is 13.7. The Balaban J connectivity index is 1.79. The van der Waals surface area contributed by atoms with Crippen LogP contribution < -0.4 is 5.32 Å². The molecule has 0 aliphatic rings. The number of nitrogens with one attached hydrogen (secondary N) is 1. The Hall–Kier alpha value is -1.22. The van der Waals surface area contributed by atoms with Crippen LogP contribution in [0.1, 0.15) is 11.1 Å². The molecule has 0 bridgehead atoms. The molecule has 0 saturated carbocycles. The van der Waals surface area contributed by atoms with Gasteiger partial charge in [-0.2, -0.15) is 0 Å². The number of aromatic hydroxyl groups is 1. The molecule has 0 fully saturated rings. The van der Waals surface area contributed by atoms with Crippen molar-refractivity contribution >= 4 is 23.2 Å². The summed E-state index contributed by atoms with van der Waals surface area (Å²) in [6, 6.07) is 12.7. The van der Waals surface area contributed by atoms with Crippen molar-refractivity contribution in [1.29, 1.82) is 0 Å². The molecule has 0 saturated heterocycles. The number of phenols is 1. The molecule has 2 aromatic rings. The van der Waals surface area contributed by atoms with Crippen molar-refractivity contribution in [2.75, 3.05) is 6.54 Å². The Labute approximate surface area is 123 Å². The molecule has 0 atom stereocenters. The summed E-state index contributed by atoms with van der Waals surface area (Å²) in [7, 11) is 0. The van der Waals surface area contributed by atoms with E-state index in [0.717, 1.165) is 30.6 Å². The lowest BCUT2D eigenvalue weighted by Gasteiger charge is -2.07. The maximum absolute atomic E-state index is 9.18. The van der Waals surface area contributed by atoms with Gasteiger partial charge in [0.2, 0.25) is 0 Å². The van der Waals surface area contributed by atoms with Gasteiger partial charge in [0, 0.05) is 16.6 Å². The first-order chi connectivity index (χ1) is 9.15. The van der Waals surface area contributed by atoms with Crippen molar-refractivity contribution in [2.45, 2.75) is 13.0 Å². The van der Waals surface area contributed by atoms with E-state index in [9.17, 15) is 5.11 Å². The SMILES string of the molecule is Oc1ccc(CNCCc2ccc(Cl)cc2Cl)cc1. The van der Waals surface area contributed by atoms with Crippen LogP contribution in [0.15, 0.2) is 42.5 Å². The van der Waals surface area contributed by atoms with Crippen LogP contribution in [0.2, 0.25) is 10.0 Å². The number of halogens is 2. The summed E-state index contributed by atoms with van der Waals surface area (Å²) in [6.07, 6.45) is 0.855. The van der Waals surface area contributed by atoms with Gasteiger partial charge in [-0.1, -0.05) is 41.4 Å². The summed E-state index contributed by atoms with van der Waals surface area (Å²) in [5.41, 5.74) is 2.23. The molecular weight excluding hydrogens is 281 g/mol. The highest BCUT2D eigenvalue weighted by Gasteiger charge is 2.01. The first-order valence-electron chi connectivity index (χ1n) is 6.08. The Morgan fingerprint density at radius 1 is 1.00 bits per heavy atom. The van der Waals surface area contributed by atoms with Gasteiger partial charge < -0.3 is 10.4 Å². The highest BCUT2D eigenvalue weighted by Crippen LogP contribution is 2.21. The van der Waals surface area contributed by atoms with E-state index >= 15 is 0 Å². The molecule has 0 spiro atoms. The third-order valence-corrected chi connectivity index (χ3v) is 3.44. The van der Waals surface area contributed by atoms with E-state index in [4.69, 9.17) is 23.2 Å². The van der Waals surface area contributed by atoms with Gasteiger partial charge in [0.15, 0.2) is 0 Å². The van der Waals surface area contributed by atoms with E-state index in [1.807, 2.05) is 24.3 Å². The van der Waals surface area contributed by atoms with Gasteiger partial charge in [0.25, 0.3) is 0 Å². The second-order valence-electron chi connectivity index (χ2n) is 4.33. The summed E-state index contributed by atoms with van der Waals surface area (Å²) in [4.78, 5) is 0. The minimum Gasteiger partial charge on any atom is -0.508 e. The highest BCUT2D eigenvalue weighted by atomic mass is 35.5. The molecule has 2 rings (SSSR count). The number of hydrogen-bond donors (Lipinski definition) is 2. The van der Waals surface area contributed by atoms with Gasteiger partial charge in [0.1, 0.15) is 5.75 Å². The van der Waals surface area contributed by atoms with Crippen molar-refractivity contribution in [3.8, 4) is 5.75 Å². The standard InChI is InChI=1S/C15H15Cl2NO/c16-13-4-3-12(15(17)9-13)7-8-18-10-11-1-5-14(19)6-2-11/h1-6,9,18-19H,7-8,10H2. The maximum Gasteiger partial charge on any atom is 0.115 e.